The van der Waals surface area contributed by atoms with Crippen LogP contribution in [-0.2, 0) is 4.79 Å². The van der Waals surface area contributed by atoms with E-state index < -0.39 is 0 Å². The summed E-state index contributed by atoms with van der Waals surface area (Å²) in [7, 11) is 0. The number of benzene rings is 1. The zero-order valence-corrected chi connectivity index (χ0v) is 13.7. The van der Waals surface area contributed by atoms with Crippen LogP contribution in [0.3, 0.4) is 0 Å². The van der Waals surface area contributed by atoms with Gasteiger partial charge in [-0.2, -0.15) is 0 Å². The van der Waals surface area contributed by atoms with E-state index in [9.17, 15) is 4.79 Å². The van der Waals surface area contributed by atoms with Gasteiger partial charge in [-0.05, 0) is 75.5 Å². The summed E-state index contributed by atoms with van der Waals surface area (Å²) in [6.07, 6.45) is 6.07. The van der Waals surface area contributed by atoms with Crippen LogP contribution in [0.2, 0.25) is 0 Å². The second-order valence-corrected chi connectivity index (χ2v) is 6.27. The van der Waals surface area contributed by atoms with Gasteiger partial charge in [0, 0.05) is 12.6 Å². The molecule has 4 nitrogen and oxygen atoms in total. The molecule has 0 aliphatic carbocycles. The minimum atomic E-state index is -0.00977. The first-order chi connectivity index (χ1) is 10.7. The van der Waals surface area contributed by atoms with Gasteiger partial charge in [0.2, 0.25) is 5.91 Å². The van der Waals surface area contributed by atoms with E-state index in [1.54, 1.807) is 6.92 Å². The number of anilines is 1. The number of likely N-dealkylation sites (tertiary alicyclic amines) is 1. The molecule has 1 fully saturated rings. The first kappa shape index (κ1) is 17.0. The van der Waals surface area contributed by atoms with Crippen molar-refractivity contribution in [2.24, 2.45) is 5.73 Å². The number of amides is 1. The van der Waals surface area contributed by atoms with E-state index in [4.69, 9.17) is 5.73 Å². The SMILES string of the molecule is CC(=O)Nc1cccc(C2CCN(CCCCCN)CC2)c1. The fourth-order valence-electron chi connectivity index (χ4n) is 3.22. The number of hydrogen-bond donors (Lipinski definition) is 2. The van der Waals surface area contributed by atoms with Crippen molar-refractivity contribution in [3.8, 4) is 0 Å². The van der Waals surface area contributed by atoms with Gasteiger partial charge >= 0.3 is 0 Å². The van der Waals surface area contributed by atoms with E-state index in [0.717, 1.165) is 18.7 Å². The average Bonchev–Trinajstić information content (AvgIpc) is 2.52. The molecule has 22 heavy (non-hydrogen) atoms. The molecular weight excluding hydrogens is 274 g/mol. The number of unbranched alkanes of at least 4 members (excludes halogenated alkanes) is 2. The lowest BCUT2D eigenvalue weighted by Gasteiger charge is -2.32. The lowest BCUT2D eigenvalue weighted by atomic mass is 9.89. The first-order valence-corrected chi connectivity index (χ1v) is 8.49. The molecule has 122 valence electrons. The van der Waals surface area contributed by atoms with Crippen molar-refractivity contribution in [1.29, 1.82) is 0 Å². The van der Waals surface area contributed by atoms with E-state index >= 15 is 0 Å². The Balaban J connectivity index is 1.80. The van der Waals surface area contributed by atoms with Crippen molar-refractivity contribution in [3.63, 3.8) is 0 Å². The minimum Gasteiger partial charge on any atom is -0.330 e. The van der Waals surface area contributed by atoms with Gasteiger partial charge in [0.1, 0.15) is 0 Å². The van der Waals surface area contributed by atoms with E-state index in [1.165, 1.54) is 50.9 Å². The quantitative estimate of drug-likeness (QED) is 0.761. The first-order valence-electron chi connectivity index (χ1n) is 8.49. The molecule has 0 bridgehead atoms. The predicted molar refractivity (Wildman–Crippen MR) is 92.1 cm³/mol. The number of nitrogens with one attached hydrogen (secondary N) is 1. The largest absolute Gasteiger partial charge is 0.330 e. The summed E-state index contributed by atoms with van der Waals surface area (Å²) in [4.78, 5) is 13.7. The molecule has 1 amide bonds. The van der Waals surface area contributed by atoms with Crippen LogP contribution >= 0.6 is 0 Å². The summed E-state index contributed by atoms with van der Waals surface area (Å²) >= 11 is 0. The van der Waals surface area contributed by atoms with Crippen LogP contribution in [0, 0.1) is 0 Å². The maximum absolute atomic E-state index is 11.2. The Morgan fingerprint density at radius 1 is 1.27 bits per heavy atom. The van der Waals surface area contributed by atoms with Gasteiger partial charge in [-0.3, -0.25) is 4.79 Å². The second kappa shape index (κ2) is 8.91. The van der Waals surface area contributed by atoms with Crippen molar-refractivity contribution in [2.75, 3.05) is 31.5 Å². The summed E-state index contributed by atoms with van der Waals surface area (Å²) in [5.41, 5.74) is 7.80. The number of nitrogens with two attached hydrogens (primary N) is 1. The highest BCUT2D eigenvalue weighted by Gasteiger charge is 2.20. The van der Waals surface area contributed by atoms with Gasteiger partial charge < -0.3 is 16.0 Å². The Morgan fingerprint density at radius 3 is 2.73 bits per heavy atom. The van der Waals surface area contributed by atoms with Gasteiger partial charge in [0.25, 0.3) is 0 Å². The van der Waals surface area contributed by atoms with E-state index in [0.29, 0.717) is 5.92 Å². The molecule has 0 spiro atoms. The van der Waals surface area contributed by atoms with Crippen LogP contribution < -0.4 is 11.1 Å². The van der Waals surface area contributed by atoms with Gasteiger partial charge in [-0.1, -0.05) is 18.6 Å². The van der Waals surface area contributed by atoms with Crippen LogP contribution in [0.25, 0.3) is 0 Å². The van der Waals surface area contributed by atoms with E-state index in [-0.39, 0.29) is 5.91 Å². The molecule has 1 aromatic rings. The third-order valence-electron chi connectivity index (χ3n) is 4.44. The van der Waals surface area contributed by atoms with Crippen LogP contribution in [0.5, 0.6) is 0 Å². The predicted octanol–water partition coefficient (Wildman–Crippen LogP) is 2.95. The van der Waals surface area contributed by atoms with Gasteiger partial charge in [-0.15, -0.1) is 0 Å². The smallest absolute Gasteiger partial charge is 0.221 e. The Kier molecular flexibility index (Phi) is 6.87. The van der Waals surface area contributed by atoms with Crippen molar-refractivity contribution in [1.82, 2.24) is 4.90 Å². The normalized spacial score (nSPS) is 16.6. The topological polar surface area (TPSA) is 58.4 Å². The molecule has 0 unspecified atom stereocenters. The molecule has 1 aromatic carbocycles. The molecule has 1 heterocycles. The lowest BCUT2D eigenvalue weighted by molar-refractivity contribution is -0.114. The van der Waals surface area contributed by atoms with E-state index in [2.05, 4.69) is 22.3 Å². The fourth-order valence-corrected chi connectivity index (χ4v) is 3.22. The molecule has 1 aliphatic heterocycles. The third-order valence-corrected chi connectivity index (χ3v) is 4.44. The summed E-state index contributed by atoms with van der Waals surface area (Å²) in [6, 6.07) is 8.31. The molecule has 1 aliphatic rings. The fraction of sp³-hybridized carbons (Fsp3) is 0.611. The number of rotatable bonds is 7. The lowest BCUT2D eigenvalue weighted by Crippen LogP contribution is -2.33. The number of carbonyl (C=O) groups is 1. The van der Waals surface area contributed by atoms with Crippen molar-refractivity contribution < 1.29 is 4.79 Å². The van der Waals surface area contributed by atoms with E-state index in [1.807, 2.05) is 12.1 Å². The number of piperidine rings is 1. The van der Waals surface area contributed by atoms with Crippen molar-refractivity contribution >= 4 is 11.6 Å². The van der Waals surface area contributed by atoms with Gasteiger partial charge in [-0.25, -0.2) is 0 Å². The Labute approximate surface area is 134 Å². The van der Waals surface area contributed by atoms with Crippen LogP contribution in [0.4, 0.5) is 5.69 Å². The molecule has 3 N–H and O–H groups in total. The van der Waals surface area contributed by atoms with Crippen LogP contribution in [0.15, 0.2) is 24.3 Å². The van der Waals surface area contributed by atoms with Crippen molar-refractivity contribution in [2.45, 2.75) is 44.9 Å². The number of carbonyl (C=O) groups excluding carboxylic acids is 1. The van der Waals surface area contributed by atoms with Gasteiger partial charge in [0.15, 0.2) is 0 Å². The number of hydrogen-bond acceptors (Lipinski definition) is 3. The summed E-state index contributed by atoms with van der Waals surface area (Å²) < 4.78 is 0. The zero-order chi connectivity index (χ0) is 15.8. The molecule has 4 heteroatoms. The van der Waals surface area contributed by atoms with Crippen LogP contribution in [-0.4, -0.2) is 37.0 Å². The molecule has 2 rings (SSSR count). The number of nitrogens with zero attached hydrogens (tertiary/aromatic N) is 1. The highest BCUT2D eigenvalue weighted by atomic mass is 16.1. The summed E-state index contributed by atoms with van der Waals surface area (Å²) in [6.45, 7) is 5.93. The second-order valence-electron chi connectivity index (χ2n) is 6.27. The average molecular weight is 303 g/mol. The summed E-state index contributed by atoms with van der Waals surface area (Å²) in [5, 5.41) is 2.87. The molecule has 0 aromatic heterocycles. The maximum Gasteiger partial charge on any atom is 0.221 e. The monoisotopic (exact) mass is 303 g/mol. The Hall–Kier alpha value is -1.39. The molecule has 0 saturated carbocycles. The zero-order valence-electron chi connectivity index (χ0n) is 13.7. The molecule has 0 radical (unpaired) electrons. The summed E-state index contributed by atoms with van der Waals surface area (Å²) in [5.74, 6) is 0.610. The minimum absolute atomic E-state index is 0.00977. The molecule has 1 saturated heterocycles. The van der Waals surface area contributed by atoms with Crippen molar-refractivity contribution in [3.05, 3.63) is 29.8 Å². The Morgan fingerprint density at radius 2 is 2.05 bits per heavy atom. The highest BCUT2D eigenvalue weighted by Crippen LogP contribution is 2.29. The Bertz CT molecular complexity index is 467. The highest BCUT2D eigenvalue weighted by molar-refractivity contribution is 5.88. The third kappa shape index (κ3) is 5.43. The maximum atomic E-state index is 11.2. The van der Waals surface area contributed by atoms with Gasteiger partial charge in [0.05, 0.1) is 0 Å². The molecule has 0 atom stereocenters. The molecular formula is C18H29N3O. The van der Waals surface area contributed by atoms with Crippen LogP contribution in [0.1, 0.15) is 50.5 Å². The standard InChI is InChI=1S/C18H29N3O/c1-15(22)20-18-7-5-6-17(14-18)16-8-12-21(13-9-16)11-4-2-3-10-19/h5-7,14,16H,2-4,8-13,19H2,1H3,(H,20,22).